The lowest BCUT2D eigenvalue weighted by Gasteiger charge is -2.35. The average molecular weight is 319 g/mol. The molecule has 2 amide bonds. The third kappa shape index (κ3) is 3.62. The Morgan fingerprint density at radius 2 is 1.61 bits per heavy atom. The smallest absolute Gasteiger partial charge is 0.285 e. The molecule has 1 aliphatic rings. The average Bonchev–Trinajstić information content (AvgIpc) is 2.72. The zero-order valence-electron chi connectivity index (χ0n) is 14.5. The number of hydrogen-bond donors (Lipinski definition) is 0. The summed E-state index contributed by atoms with van der Waals surface area (Å²) in [7, 11) is 1.68. The van der Waals surface area contributed by atoms with Gasteiger partial charge >= 0.3 is 0 Å². The molecule has 126 valence electrons. The summed E-state index contributed by atoms with van der Waals surface area (Å²) in [4.78, 5) is 30.5. The summed E-state index contributed by atoms with van der Waals surface area (Å²) < 4.78 is 5.18. The number of nitrogens with zero attached hydrogens (tertiary/aromatic N) is 1. The Hall–Kier alpha value is -1.72. The van der Waals surface area contributed by atoms with Crippen LogP contribution in [-0.4, -0.2) is 36.7 Å². The number of ether oxygens (including phenoxy) is 1. The zero-order valence-corrected chi connectivity index (χ0v) is 14.5. The summed E-state index contributed by atoms with van der Waals surface area (Å²) in [6.07, 6.45) is 0.578. The molecule has 0 radical (unpaired) electrons. The SMILES string of the molecule is COCC(C)CC(C)(C)C(C)ON1C(=O)c2ccccc2C1=O. The van der Waals surface area contributed by atoms with Gasteiger partial charge in [-0.15, -0.1) is 5.06 Å². The molecule has 2 atom stereocenters. The third-order valence-corrected chi connectivity index (χ3v) is 4.45. The van der Waals surface area contributed by atoms with Gasteiger partial charge in [0, 0.05) is 13.7 Å². The summed E-state index contributed by atoms with van der Waals surface area (Å²) in [5.41, 5.74) is 0.596. The molecule has 0 N–H and O–H groups in total. The van der Waals surface area contributed by atoms with Gasteiger partial charge < -0.3 is 4.74 Å². The fourth-order valence-electron chi connectivity index (χ4n) is 2.97. The Morgan fingerprint density at radius 3 is 2.09 bits per heavy atom. The van der Waals surface area contributed by atoms with Crippen LogP contribution in [0.3, 0.4) is 0 Å². The van der Waals surface area contributed by atoms with E-state index in [1.807, 2.05) is 6.92 Å². The summed E-state index contributed by atoms with van der Waals surface area (Å²) in [5.74, 6) is -0.417. The second kappa shape index (κ2) is 6.81. The van der Waals surface area contributed by atoms with E-state index < -0.39 is 11.8 Å². The molecule has 0 spiro atoms. The van der Waals surface area contributed by atoms with Crippen LogP contribution in [0.25, 0.3) is 0 Å². The Balaban J connectivity index is 2.07. The van der Waals surface area contributed by atoms with Crippen molar-refractivity contribution in [1.29, 1.82) is 0 Å². The minimum Gasteiger partial charge on any atom is -0.384 e. The van der Waals surface area contributed by atoms with Crippen molar-refractivity contribution in [1.82, 2.24) is 5.06 Å². The van der Waals surface area contributed by atoms with Crippen molar-refractivity contribution in [2.75, 3.05) is 13.7 Å². The molecule has 1 aromatic carbocycles. The lowest BCUT2D eigenvalue weighted by molar-refractivity contribution is -0.162. The lowest BCUT2D eigenvalue weighted by Crippen LogP contribution is -2.40. The molecule has 1 aliphatic heterocycles. The Kier molecular flexibility index (Phi) is 5.22. The van der Waals surface area contributed by atoms with Crippen LogP contribution in [0.2, 0.25) is 0 Å². The summed E-state index contributed by atoms with van der Waals surface area (Å²) in [6, 6.07) is 6.78. The van der Waals surface area contributed by atoms with E-state index in [9.17, 15) is 9.59 Å². The van der Waals surface area contributed by atoms with Crippen molar-refractivity contribution in [3.8, 4) is 0 Å². The van der Waals surface area contributed by atoms with Gasteiger partial charge in [0.15, 0.2) is 0 Å². The molecule has 5 heteroatoms. The van der Waals surface area contributed by atoms with Crippen LogP contribution in [0.15, 0.2) is 24.3 Å². The largest absolute Gasteiger partial charge is 0.384 e. The third-order valence-electron chi connectivity index (χ3n) is 4.45. The molecule has 23 heavy (non-hydrogen) atoms. The maximum absolute atomic E-state index is 12.4. The van der Waals surface area contributed by atoms with Crippen LogP contribution in [0, 0.1) is 11.3 Å². The molecule has 1 aromatic rings. The van der Waals surface area contributed by atoms with Gasteiger partial charge in [0.1, 0.15) is 0 Å². The monoisotopic (exact) mass is 319 g/mol. The highest BCUT2D eigenvalue weighted by Crippen LogP contribution is 2.33. The first-order valence-electron chi connectivity index (χ1n) is 7.91. The molecule has 0 saturated heterocycles. The molecule has 0 aliphatic carbocycles. The highest BCUT2D eigenvalue weighted by molar-refractivity contribution is 6.20. The summed E-state index contributed by atoms with van der Waals surface area (Å²) >= 11 is 0. The molecule has 2 rings (SSSR count). The van der Waals surface area contributed by atoms with Crippen molar-refractivity contribution in [2.45, 2.75) is 40.2 Å². The van der Waals surface area contributed by atoms with Gasteiger partial charge in [-0.25, -0.2) is 0 Å². The first-order chi connectivity index (χ1) is 10.8. The molecule has 0 aromatic heterocycles. The maximum Gasteiger partial charge on any atom is 0.285 e. The molecular formula is C18H25NO4. The van der Waals surface area contributed by atoms with Crippen molar-refractivity contribution < 1.29 is 19.2 Å². The minimum atomic E-state index is -0.391. The molecule has 5 nitrogen and oxygen atoms in total. The zero-order chi connectivity index (χ0) is 17.2. The van der Waals surface area contributed by atoms with Crippen molar-refractivity contribution in [3.63, 3.8) is 0 Å². The number of hydrogen-bond acceptors (Lipinski definition) is 4. The van der Waals surface area contributed by atoms with Crippen molar-refractivity contribution in [3.05, 3.63) is 35.4 Å². The normalized spacial score (nSPS) is 17.3. The number of imide groups is 1. The number of methoxy groups -OCH3 is 1. The molecule has 0 saturated carbocycles. The lowest BCUT2D eigenvalue weighted by atomic mass is 9.79. The molecule has 0 fully saturated rings. The van der Waals surface area contributed by atoms with Crippen LogP contribution >= 0.6 is 0 Å². The van der Waals surface area contributed by atoms with Crippen LogP contribution in [0.1, 0.15) is 54.8 Å². The van der Waals surface area contributed by atoms with Crippen molar-refractivity contribution >= 4 is 11.8 Å². The highest BCUT2D eigenvalue weighted by Gasteiger charge is 2.40. The minimum absolute atomic E-state index is 0.201. The van der Waals surface area contributed by atoms with Crippen LogP contribution in [0.4, 0.5) is 0 Å². The Bertz CT molecular complexity index is 561. The van der Waals surface area contributed by atoms with E-state index in [1.54, 1.807) is 31.4 Å². The van der Waals surface area contributed by atoms with Gasteiger partial charge in [-0.1, -0.05) is 32.9 Å². The predicted molar refractivity (Wildman–Crippen MR) is 86.9 cm³/mol. The van der Waals surface area contributed by atoms with Gasteiger partial charge in [-0.3, -0.25) is 14.4 Å². The number of hydroxylamine groups is 2. The Morgan fingerprint density at radius 1 is 1.09 bits per heavy atom. The van der Waals surface area contributed by atoms with Crippen LogP contribution < -0.4 is 0 Å². The van der Waals surface area contributed by atoms with Crippen LogP contribution in [0.5, 0.6) is 0 Å². The van der Waals surface area contributed by atoms with Gasteiger partial charge in [-0.2, -0.15) is 0 Å². The van der Waals surface area contributed by atoms with Gasteiger partial charge in [0.2, 0.25) is 0 Å². The summed E-state index contributed by atoms with van der Waals surface area (Å²) in [5, 5.41) is 0.901. The molecule has 2 unspecified atom stereocenters. The van der Waals surface area contributed by atoms with Gasteiger partial charge in [-0.05, 0) is 36.8 Å². The number of benzene rings is 1. The second-order valence-corrected chi connectivity index (χ2v) is 6.95. The van der Waals surface area contributed by atoms with E-state index in [-0.39, 0.29) is 11.5 Å². The fraction of sp³-hybridized carbons (Fsp3) is 0.556. The first kappa shape index (κ1) is 17.6. The quantitative estimate of drug-likeness (QED) is 0.724. The first-order valence-corrected chi connectivity index (χ1v) is 7.91. The predicted octanol–water partition coefficient (Wildman–Crippen LogP) is 3.30. The highest BCUT2D eigenvalue weighted by atomic mass is 16.7. The van der Waals surface area contributed by atoms with Gasteiger partial charge in [0.25, 0.3) is 11.8 Å². The van der Waals surface area contributed by atoms with E-state index in [2.05, 4.69) is 20.8 Å². The molecule has 0 bridgehead atoms. The van der Waals surface area contributed by atoms with E-state index in [0.717, 1.165) is 11.5 Å². The van der Waals surface area contributed by atoms with Crippen molar-refractivity contribution in [2.24, 2.45) is 11.3 Å². The fourth-order valence-corrected chi connectivity index (χ4v) is 2.97. The van der Waals surface area contributed by atoms with E-state index in [0.29, 0.717) is 23.7 Å². The number of carbonyl (C=O) groups is 2. The molecular weight excluding hydrogens is 294 g/mol. The number of rotatable bonds is 7. The number of carbonyl (C=O) groups excluding carboxylic acids is 2. The second-order valence-electron chi connectivity index (χ2n) is 6.95. The molecule has 1 heterocycles. The van der Waals surface area contributed by atoms with E-state index in [4.69, 9.17) is 9.57 Å². The standard InChI is InChI=1S/C18H25NO4/c1-12(11-22-5)10-18(3,4)13(2)23-19-16(20)14-8-6-7-9-15(14)17(19)21/h6-9,12-13H,10-11H2,1-5H3. The van der Waals surface area contributed by atoms with E-state index >= 15 is 0 Å². The topological polar surface area (TPSA) is 55.8 Å². The summed E-state index contributed by atoms with van der Waals surface area (Å²) in [6.45, 7) is 8.82. The van der Waals surface area contributed by atoms with Gasteiger partial charge in [0.05, 0.1) is 17.2 Å². The van der Waals surface area contributed by atoms with Crippen LogP contribution in [-0.2, 0) is 9.57 Å². The Labute approximate surface area is 137 Å². The maximum atomic E-state index is 12.4. The number of amides is 2. The van der Waals surface area contributed by atoms with E-state index in [1.165, 1.54) is 0 Å². The number of fused-ring (bicyclic) bond motifs is 1.